The number of halogens is 2. The number of carbonyl (C=O) groups excluding carboxylic acids is 3. The van der Waals surface area contributed by atoms with Crippen molar-refractivity contribution in [2.45, 2.75) is 19.1 Å². The number of carbonyl (C=O) groups is 3. The summed E-state index contributed by atoms with van der Waals surface area (Å²) in [7, 11) is 1.20. The highest BCUT2D eigenvalue weighted by Crippen LogP contribution is 2.35. The molecule has 10 heteroatoms. The van der Waals surface area contributed by atoms with Crippen LogP contribution < -0.4 is 9.47 Å². The van der Waals surface area contributed by atoms with Crippen molar-refractivity contribution in [1.82, 2.24) is 0 Å². The smallest absolute Gasteiger partial charge is 0.341 e. The Hall–Kier alpha value is -2.91. The number of benzene rings is 2. The second-order valence-corrected chi connectivity index (χ2v) is 7.83. The first-order valence-electron chi connectivity index (χ1n) is 9.73. The quantitative estimate of drug-likeness (QED) is 0.301. The standard InChI is InChI=1S/C23H20Cl2O8/c1-14(9-15-10-16(24)3-5-19(15)30-13-26)23(31-7-8-32-23)12-21(27)33-20-6-4-17(25)11-18(20)22(28)29-2/h3-6,9-11,13H,7-8,12H2,1-2H3/b14-9+. The molecule has 2 aromatic carbocycles. The summed E-state index contributed by atoms with van der Waals surface area (Å²) in [5.74, 6) is -2.58. The van der Waals surface area contributed by atoms with Crippen LogP contribution in [0.3, 0.4) is 0 Å². The van der Waals surface area contributed by atoms with Crippen LogP contribution in [0, 0.1) is 0 Å². The summed E-state index contributed by atoms with van der Waals surface area (Å²) in [6.07, 6.45) is 1.33. The highest BCUT2D eigenvalue weighted by atomic mass is 35.5. The molecule has 0 bridgehead atoms. The van der Waals surface area contributed by atoms with Crippen molar-refractivity contribution in [1.29, 1.82) is 0 Å². The normalized spacial score (nSPS) is 15.1. The van der Waals surface area contributed by atoms with Crippen LogP contribution >= 0.6 is 23.2 Å². The first kappa shape index (κ1) is 24.7. The molecule has 1 aliphatic heterocycles. The van der Waals surface area contributed by atoms with Gasteiger partial charge in [0.25, 0.3) is 6.47 Å². The molecule has 3 rings (SSSR count). The van der Waals surface area contributed by atoms with E-state index < -0.39 is 17.7 Å². The predicted molar refractivity (Wildman–Crippen MR) is 119 cm³/mol. The summed E-state index contributed by atoms with van der Waals surface area (Å²) in [6.45, 7) is 2.50. The van der Waals surface area contributed by atoms with E-state index in [-0.39, 0.29) is 41.7 Å². The number of ether oxygens (including phenoxy) is 5. The molecule has 0 atom stereocenters. The predicted octanol–water partition coefficient (Wildman–Crippen LogP) is 4.46. The van der Waals surface area contributed by atoms with Gasteiger partial charge in [-0.15, -0.1) is 0 Å². The Labute approximate surface area is 199 Å². The summed E-state index contributed by atoms with van der Waals surface area (Å²) >= 11 is 12.0. The molecule has 1 aliphatic rings. The third-order valence-corrected chi connectivity index (χ3v) is 5.29. The largest absolute Gasteiger partial charge is 0.465 e. The van der Waals surface area contributed by atoms with E-state index in [1.807, 2.05) is 0 Å². The van der Waals surface area contributed by atoms with Crippen LogP contribution in [-0.2, 0) is 23.8 Å². The van der Waals surface area contributed by atoms with Crippen LogP contribution in [0.5, 0.6) is 11.5 Å². The molecule has 1 saturated heterocycles. The zero-order valence-corrected chi connectivity index (χ0v) is 19.3. The van der Waals surface area contributed by atoms with Crippen LogP contribution in [0.25, 0.3) is 6.08 Å². The fourth-order valence-electron chi connectivity index (χ4n) is 3.27. The molecule has 1 fully saturated rings. The number of hydrogen-bond donors (Lipinski definition) is 0. The van der Waals surface area contributed by atoms with Gasteiger partial charge in [-0.2, -0.15) is 0 Å². The Kier molecular flexibility index (Phi) is 8.10. The molecule has 0 amide bonds. The van der Waals surface area contributed by atoms with Crippen molar-refractivity contribution >= 4 is 47.7 Å². The van der Waals surface area contributed by atoms with E-state index in [1.54, 1.807) is 31.2 Å². The molecule has 0 saturated carbocycles. The van der Waals surface area contributed by atoms with E-state index >= 15 is 0 Å². The van der Waals surface area contributed by atoms with Crippen LogP contribution in [-0.4, -0.2) is 44.5 Å². The summed E-state index contributed by atoms with van der Waals surface area (Å²) < 4.78 is 26.7. The molecule has 0 radical (unpaired) electrons. The minimum atomic E-state index is -1.42. The van der Waals surface area contributed by atoms with E-state index in [9.17, 15) is 14.4 Å². The average Bonchev–Trinajstić information content (AvgIpc) is 3.26. The van der Waals surface area contributed by atoms with Crippen LogP contribution in [0.15, 0.2) is 42.0 Å². The van der Waals surface area contributed by atoms with Gasteiger partial charge in [0.1, 0.15) is 23.5 Å². The van der Waals surface area contributed by atoms with Gasteiger partial charge in [0.2, 0.25) is 5.79 Å². The van der Waals surface area contributed by atoms with Crippen LogP contribution in [0.2, 0.25) is 10.0 Å². The molecular weight excluding hydrogens is 475 g/mol. The van der Waals surface area contributed by atoms with Crippen molar-refractivity contribution < 1.29 is 38.1 Å². The maximum absolute atomic E-state index is 12.8. The van der Waals surface area contributed by atoms with Gasteiger partial charge in [0.05, 0.1) is 20.3 Å². The summed E-state index contributed by atoms with van der Waals surface area (Å²) in [4.78, 5) is 35.7. The highest BCUT2D eigenvalue weighted by Gasteiger charge is 2.41. The van der Waals surface area contributed by atoms with Gasteiger partial charge in [-0.05, 0) is 55.0 Å². The van der Waals surface area contributed by atoms with Gasteiger partial charge in [-0.25, -0.2) is 4.79 Å². The van der Waals surface area contributed by atoms with E-state index in [4.69, 9.17) is 46.9 Å². The molecule has 33 heavy (non-hydrogen) atoms. The Morgan fingerprint density at radius 3 is 2.33 bits per heavy atom. The van der Waals surface area contributed by atoms with Crippen molar-refractivity contribution in [2.24, 2.45) is 0 Å². The van der Waals surface area contributed by atoms with Crippen LogP contribution in [0.1, 0.15) is 29.3 Å². The summed E-state index contributed by atoms with van der Waals surface area (Å²) in [5.41, 5.74) is 1.01. The monoisotopic (exact) mass is 494 g/mol. The van der Waals surface area contributed by atoms with Gasteiger partial charge in [-0.1, -0.05) is 23.2 Å². The number of rotatable bonds is 8. The molecule has 0 N–H and O–H groups in total. The molecule has 0 aliphatic carbocycles. The second kappa shape index (κ2) is 10.8. The number of esters is 2. The van der Waals surface area contributed by atoms with Gasteiger partial charge in [-0.3, -0.25) is 9.59 Å². The first-order valence-corrected chi connectivity index (χ1v) is 10.5. The molecule has 0 aromatic heterocycles. The zero-order chi connectivity index (χ0) is 24.0. The van der Waals surface area contributed by atoms with Crippen LogP contribution in [0.4, 0.5) is 0 Å². The Morgan fingerprint density at radius 2 is 1.70 bits per heavy atom. The van der Waals surface area contributed by atoms with Crippen molar-refractivity contribution in [3.05, 3.63) is 63.1 Å². The van der Waals surface area contributed by atoms with Gasteiger partial charge in [0.15, 0.2) is 0 Å². The van der Waals surface area contributed by atoms with E-state index in [2.05, 4.69) is 0 Å². The fourth-order valence-corrected chi connectivity index (χ4v) is 3.62. The van der Waals surface area contributed by atoms with E-state index in [0.29, 0.717) is 22.6 Å². The molecule has 1 heterocycles. The average molecular weight is 495 g/mol. The van der Waals surface area contributed by atoms with E-state index in [0.717, 1.165) is 0 Å². The van der Waals surface area contributed by atoms with Crippen molar-refractivity contribution in [2.75, 3.05) is 20.3 Å². The summed E-state index contributed by atoms with van der Waals surface area (Å²) in [6, 6.07) is 8.94. The number of methoxy groups -OCH3 is 1. The maximum atomic E-state index is 12.8. The van der Waals surface area contributed by atoms with Crippen molar-refractivity contribution in [3.63, 3.8) is 0 Å². The maximum Gasteiger partial charge on any atom is 0.341 e. The Bertz CT molecular complexity index is 1090. The van der Waals surface area contributed by atoms with Gasteiger partial charge in [0, 0.05) is 15.6 Å². The molecule has 0 unspecified atom stereocenters. The molecular formula is C23H20Cl2O8. The minimum absolute atomic E-state index is 0.00232. The molecule has 8 nitrogen and oxygen atoms in total. The second-order valence-electron chi connectivity index (χ2n) is 6.96. The lowest BCUT2D eigenvalue weighted by atomic mass is 10.0. The third-order valence-electron chi connectivity index (χ3n) is 4.82. The topological polar surface area (TPSA) is 97.4 Å². The lowest BCUT2D eigenvalue weighted by Crippen LogP contribution is -2.36. The van der Waals surface area contributed by atoms with Crippen molar-refractivity contribution in [3.8, 4) is 11.5 Å². The van der Waals surface area contributed by atoms with Gasteiger partial charge >= 0.3 is 11.9 Å². The molecule has 174 valence electrons. The third kappa shape index (κ3) is 5.91. The molecule has 2 aromatic rings. The SMILES string of the molecule is COC(=O)c1cc(Cl)ccc1OC(=O)CC1(/C(C)=C/c2cc(Cl)ccc2OC=O)OCCO1. The lowest BCUT2D eigenvalue weighted by molar-refractivity contribution is -0.160. The minimum Gasteiger partial charge on any atom is -0.465 e. The zero-order valence-electron chi connectivity index (χ0n) is 17.8. The lowest BCUT2D eigenvalue weighted by Gasteiger charge is -2.27. The van der Waals surface area contributed by atoms with E-state index in [1.165, 1.54) is 25.3 Å². The fraction of sp³-hybridized carbons (Fsp3) is 0.261. The summed E-state index contributed by atoms with van der Waals surface area (Å²) in [5, 5.41) is 0.704. The molecule has 0 spiro atoms. The van der Waals surface area contributed by atoms with Gasteiger partial charge < -0.3 is 23.7 Å². The Morgan fingerprint density at radius 1 is 1.06 bits per heavy atom. The number of hydrogen-bond acceptors (Lipinski definition) is 8. The Balaban J connectivity index is 1.87. The first-order chi connectivity index (χ1) is 15.8. The highest BCUT2D eigenvalue weighted by molar-refractivity contribution is 6.31.